The second kappa shape index (κ2) is 7.19. The highest BCUT2D eigenvalue weighted by Crippen LogP contribution is 2.22. The molecule has 1 aromatic carbocycles. The molecule has 0 saturated carbocycles. The number of benzene rings is 1. The Morgan fingerprint density at radius 1 is 1.38 bits per heavy atom. The van der Waals surface area contributed by atoms with Gasteiger partial charge in [0.1, 0.15) is 6.67 Å². The van der Waals surface area contributed by atoms with E-state index in [0.29, 0.717) is 0 Å². The molecule has 90 valence electrons. The largest absolute Gasteiger partial charge is 0.481 e. The molecular weight excluding hydrogens is 233 g/mol. The minimum atomic E-state index is -0.965. The lowest BCUT2D eigenvalue weighted by atomic mass is 9.90. The van der Waals surface area contributed by atoms with Gasteiger partial charge >= 0.3 is 5.97 Å². The van der Waals surface area contributed by atoms with Gasteiger partial charge in [0.2, 0.25) is 0 Å². The Morgan fingerprint density at radius 2 is 1.94 bits per heavy atom. The number of carboxylic acids is 1. The van der Waals surface area contributed by atoms with Crippen LogP contribution in [0.5, 0.6) is 0 Å². The first-order chi connectivity index (χ1) is 7.15. The van der Waals surface area contributed by atoms with Crippen molar-refractivity contribution in [2.75, 3.05) is 6.67 Å². The minimum absolute atomic E-state index is 0. The summed E-state index contributed by atoms with van der Waals surface area (Å²) in [7, 11) is 0. The zero-order chi connectivity index (χ0) is 11.3. The molecule has 5 heteroatoms. The van der Waals surface area contributed by atoms with E-state index >= 15 is 0 Å². The SMILES string of the molecule is Cl.N[C@@H](CF)[C@@H](CC(=O)O)c1ccccc1. The number of rotatable bonds is 5. The summed E-state index contributed by atoms with van der Waals surface area (Å²) >= 11 is 0. The van der Waals surface area contributed by atoms with E-state index in [0.717, 1.165) is 5.56 Å². The van der Waals surface area contributed by atoms with Crippen LogP contribution >= 0.6 is 12.4 Å². The van der Waals surface area contributed by atoms with Crippen molar-refractivity contribution in [1.29, 1.82) is 0 Å². The van der Waals surface area contributed by atoms with Crippen LogP contribution in [0, 0.1) is 0 Å². The Balaban J connectivity index is 0.00000225. The third kappa shape index (κ3) is 4.16. The van der Waals surface area contributed by atoms with Gasteiger partial charge in [0, 0.05) is 12.0 Å². The predicted octanol–water partition coefficient (Wildman–Crippen LogP) is 1.96. The number of hydrogen-bond acceptors (Lipinski definition) is 2. The van der Waals surface area contributed by atoms with Crippen molar-refractivity contribution in [2.45, 2.75) is 18.4 Å². The summed E-state index contributed by atoms with van der Waals surface area (Å²) in [5.74, 6) is -1.43. The van der Waals surface area contributed by atoms with Crippen molar-refractivity contribution >= 4 is 18.4 Å². The Hall–Kier alpha value is -1.13. The van der Waals surface area contributed by atoms with E-state index in [9.17, 15) is 9.18 Å². The summed E-state index contributed by atoms with van der Waals surface area (Å²) in [6.07, 6.45) is -0.144. The van der Waals surface area contributed by atoms with E-state index in [-0.39, 0.29) is 18.8 Å². The molecule has 2 atom stereocenters. The third-order valence-corrected chi connectivity index (χ3v) is 2.32. The summed E-state index contributed by atoms with van der Waals surface area (Å²) < 4.78 is 12.5. The molecule has 0 aromatic heterocycles. The van der Waals surface area contributed by atoms with E-state index in [4.69, 9.17) is 10.8 Å². The summed E-state index contributed by atoms with van der Waals surface area (Å²) in [6, 6.07) is 8.17. The van der Waals surface area contributed by atoms with Crippen molar-refractivity contribution < 1.29 is 14.3 Å². The van der Waals surface area contributed by atoms with Gasteiger partial charge in [0.05, 0.1) is 6.42 Å². The van der Waals surface area contributed by atoms with E-state index in [2.05, 4.69) is 0 Å². The van der Waals surface area contributed by atoms with Crippen LogP contribution < -0.4 is 5.73 Å². The fraction of sp³-hybridized carbons (Fsp3) is 0.364. The Labute approximate surface area is 99.9 Å². The van der Waals surface area contributed by atoms with Crippen molar-refractivity contribution in [3.8, 4) is 0 Å². The maximum atomic E-state index is 12.5. The Bertz CT molecular complexity index is 321. The number of alkyl halides is 1. The number of aliphatic carboxylic acids is 1. The lowest BCUT2D eigenvalue weighted by molar-refractivity contribution is -0.137. The Morgan fingerprint density at radius 3 is 2.38 bits per heavy atom. The van der Waals surface area contributed by atoms with Crippen molar-refractivity contribution in [3.63, 3.8) is 0 Å². The van der Waals surface area contributed by atoms with Crippen LogP contribution in [0.4, 0.5) is 4.39 Å². The van der Waals surface area contributed by atoms with Crippen molar-refractivity contribution in [3.05, 3.63) is 35.9 Å². The highest BCUT2D eigenvalue weighted by Gasteiger charge is 2.22. The second-order valence-electron chi connectivity index (χ2n) is 3.43. The normalized spacial score (nSPS) is 13.6. The van der Waals surface area contributed by atoms with Gasteiger partial charge in [0.25, 0.3) is 0 Å². The van der Waals surface area contributed by atoms with E-state index < -0.39 is 24.6 Å². The quantitative estimate of drug-likeness (QED) is 0.836. The molecule has 1 aromatic rings. The topological polar surface area (TPSA) is 63.3 Å². The smallest absolute Gasteiger partial charge is 0.304 e. The minimum Gasteiger partial charge on any atom is -0.481 e. The lowest BCUT2D eigenvalue weighted by Gasteiger charge is -2.20. The van der Waals surface area contributed by atoms with E-state index in [1.165, 1.54) is 0 Å². The molecule has 0 bridgehead atoms. The zero-order valence-corrected chi connectivity index (χ0v) is 9.49. The van der Waals surface area contributed by atoms with Gasteiger partial charge in [-0.3, -0.25) is 4.79 Å². The molecule has 3 nitrogen and oxygen atoms in total. The number of carboxylic acid groups (broad SMARTS) is 1. The standard InChI is InChI=1S/C11H14FNO2.ClH/c12-7-10(13)9(6-11(14)15)8-4-2-1-3-5-8;/h1-5,9-10H,6-7,13H2,(H,14,15);1H/t9-,10-;/m0./s1. The molecule has 0 heterocycles. The number of carbonyl (C=O) groups is 1. The van der Waals surface area contributed by atoms with Crippen LogP contribution in [0.1, 0.15) is 17.9 Å². The maximum absolute atomic E-state index is 12.5. The molecular formula is C11H15ClFNO2. The fourth-order valence-electron chi connectivity index (χ4n) is 1.51. The summed E-state index contributed by atoms with van der Waals surface area (Å²) in [5, 5.41) is 8.71. The first kappa shape index (κ1) is 14.9. The number of nitrogens with two attached hydrogens (primary N) is 1. The van der Waals surface area contributed by atoms with Crippen LogP contribution in [-0.2, 0) is 4.79 Å². The summed E-state index contributed by atoms with van der Waals surface area (Å²) in [6.45, 7) is -0.715. The monoisotopic (exact) mass is 247 g/mol. The predicted molar refractivity (Wildman–Crippen MR) is 62.6 cm³/mol. The van der Waals surface area contributed by atoms with Gasteiger partial charge in [-0.15, -0.1) is 12.4 Å². The van der Waals surface area contributed by atoms with Crippen molar-refractivity contribution in [2.24, 2.45) is 5.73 Å². The van der Waals surface area contributed by atoms with E-state index in [1.807, 2.05) is 6.07 Å². The molecule has 0 aliphatic carbocycles. The average molecular weight is 248 g/mol. The fourth-order valence-corrected chi connectivity index (χ4v) is 1.51. The molecule has 0 unspecified atom stereocenters. The van der Waals surface area contributed by atoms with Gasteiger partial charge in [0.15, 0.2) is 0 Å². The van der Waals surface area contributed by atoms with Crippen LogP contribution in [-0.4, -0.2) is 23.8 Å². The zero-order valence-electron chi connectivity index (χ0n) is 8.67. The molecule has 0 amide bonds. The molecule has 0 aliphatic heterocycles. The van der Waals surface area contributed by atoms with Crippen LogP contribution in [0.15, 0.2) is 30.3 Å². The summed E-state index contributed by atoms with van der Waals surface area (Å²) in [5.41, 5.74) is 6.33. The molecule has 0 radical (unpaired) electrons. The molecule has 0 spiro atoms. The molecule has 0 fully saturated rings. The number of hydrogen-bond donors (Lipinski definition) is 2. The van der Waals surface area contributed by atoms with Gasteiger partial charge in [-0.2, -0.15) is 0 Å². The van der Waals surface area contributed by atoms with Gasteiger partial charge < -0.3 is 10.8 Å². The van der Waals surface area contributed by atoms with Crippen molar-refractivity contribution in [1.82, 2.24) is 0 Å². The van der Waals surface area contributed by atoms with Crippen LogP contribution in [0.25, 0.3) is 0 Å². The van der Waals surface area contributed by atoms with Crippen LogP contribution in [0.3, 0.4) is 0 Å². The first-order valence-corrected chi connectivity index (χ1v) is 4.73. The Kier molecular flexibility index (Phi) is 6.69. The maximum Gasteiger partial charge on any atom is 0.304 e. The van der Waals surface area contributed by atoms with Crippen LogP contribution in [0.2, 0.25) is 0 Å². The van der Waals surface area contributed by atoms with Gasteiger partial charge in [-0.1, -0.05) is 30.3 Å². The number of halogens is 2. The van der Waals surface area contributed by atoms with E-state index in [1.54, 1.807) is 24.3 Å². The molecule has 16 heavy (non-hydrogen) atoms. The first-order valence-electron chi connectivity index (χ1n) is 4.73. The molecule has 1 rings (SSSR count). The van der Waals surface area contributed by atoms with Gasteiger partial charge in [-0.05, 0) is 5.56 Å². The highest BCUT2D eigenvalue weighted by atomic mass is 35.5. The second-order valence-corrected chi connectivity index (χ2v) is 3.43. The summed E-state index contributed by atoms with van der Waals surface area (Å²) in [4.78, 5) is 10.6. The molecule has 0 aliphatic rings. The lowest BCUT2D eigenvalue weighted by Crippen LogP contribution is -2.32. The molecule has 0 saturated heterocycles. The highest BCUT2D eigenvalue weighted by molar-refractivity contribution is 5.85. The molecule has 3 N–H and O–H groups in total. The third-order valence-electron chi connectivity index (χ3n) is 2.32. The van der Waals surface area contributed by atoms with Gasteiger partial charge in [-0.25, -0.2) is 4.39 Å². The average Bonchev–Trinajstić information content (AvgIpc) is 2.26.